The summed E-state index contributed by atoms with van der Waals surface area (Å²) >= 11 is 0. The molecule has 0 saturated heterocycles. The van der Waals surface area contributed by atoms with E-state index < -0.39 is 0 Å². The lowest BCUT2D eigenvalue weighted by Crippen LogP contribution is -2.35. The lowest BCUT2D eigenvalue weighted by Gasteiger charge is -2.13. The molecule has 0 radical (unpaired) electrons. The standard InChI is InChI=1S/C21H21N7O/c1-27(2)12-14-11-24-16-4-3-13(9-15(14)16)20-22-6-5-17(25-20)18-10-19-21(29)23-7-8-28(19)26-18/h3-6,9-11,24H,7-8,12H2,1-2H3,(H,23,29). The predicted molar refractivity (Wildman–Crippen MR) is 110 cm³/mol. The van der Waals surface area contributed by atoms with Crippen molar-refractivity contribution in [3.05, 3.63) is 54.0 Å². The molecule has 1 aliphatic rings. The highest BCUT2D eigenvalue weighted by molar-refractivity contribution is 5.94. The van der Waals surface area contributed by atoms with E-state index in [0.29, 0.717) is 36.0 Å². The van der Waals surface area contributed by atoms with Gasteiger partial charge in [-0.15, -0.1) is 0 Å². The van der Waals surface area contributed by atoms with Crippen molar-refractivity contribution in [1.29, 1.82) is 0 Å². The van der Waals surface area contributed by atoms with Crippen LogP contribution in [0, 0.1) is 0 Å². The highest BCUT2D eigenvalue weighted by Crippen LogP contribution is 2.26. The minimum atomic E-state index is -0.101. The molecular formula is C21H21N7O. The summed E-state index contributed by atoms with van der Waals surface area (Å²) in [5, 5.41) is 8.55. The molecule has 0 fully saturated rings. The second-order valence-electron chi connectivity index (χ2n) is 7.47. The van der Waals surface area contributed by atoms with Gasteiger partial charge in [0.2, 0.25) is 0 Å². The molecule has 1 aliphatic heterocycles. The number of carbonyl (C=O) groups is 1. The third-order valence-corrected chi connectivity index (χ3v) is 5.05. The number of hydrogen-bond donors (Lipinski definition) is 2. The van der Waals surface area contributed by atoms with Crippen LogP contribution < -0.4 is 5.32 Å². The van der Waals surface area contributed by atoms with Gasteiger partial charge >= 0.3 is 0 Å². The topological polar surface area (TPSA) is 91.7 Å². The van der Waals surface area contributed by atoms with Crippen LogP contribution in [0.2, 0.25) is 0 Å². The first-order chi connectivity index (χ1) is 14.1. The van der Waals surface area contributed by atoms with Crippen molar-refractivity contribution >= 4 is 16.8 Å². The Hall–Kier alpha value is -3.52. The van der Waals surface area contributed by atoms with E-state index in [4.69, 9.17) is 4.98 Å². The monoisotopic (exact) mass is 387 g/mol. The molecule has 146 valence electrons. The van der Waals surface area contributed by atoms with Gasteiger partial charge in [0.15, 0.2) is 5.82 Å². The molecule has 8 heteroatoms. The molecule has 5 rings (SSSR count). The van der Waals surface area contributed by atoms with E-state index in [0.717, 1.165) is 17.6 Å². The van der Waals surface area contributed by atoms with Crippen LogP contribution in [0.25, 0.3) is 33.7 Å². The van der Waals surface area contributed by atoms with Crippen molar-refractivity contribution in [2.24, 2.45) is 0 Å². The molecule has 0 aliphatic carbocycles. The second-order valence-corrected chi connectivity index (χ2v) is 7.47. The van der Waals surface area contributed by atoms with Crippen molar-refractivity contribution in [3.8, 4) is 22.8 Å². The predicted octanol–water partition coefficient (Wildman–Crippen LogP) is 2.29. The molecule has 1 amide bonds. The smallest absolute Gasteiger partial charge is 0.269 e. The Balaban J connectivity index is 1.54. The molecule has 0 spiro atoms. The van der Waals surface area contributed by atoms with Gasteiger partial charge in [0.05, 0.1) is 12.2 Å². The normalized spacial score (nSPS) is 13.7. The number of aromatic amines is 1. The zero-order valence-corrected chi connectivity index (χ0v) is 16.3. The van der Waals surface area contributed by atoms with Crippen LogP contribution in [0.1, 0.15) is 16.1 Å². The van der Waals surface area contributed by atoms with E-state index in [1.165, 1.54) is 10.9 Å². The summed E-state index contributed by atoms with van der Waals surface area (Å²) in [6, 6.07) is 9.80. The third-order valence-electron chi connectivity index (χ3n) is 5.05. The summed E-state index contributed by atoms with van der Waals surface area (Å²) in [6.45, 7) is 2.11. The van der Waals surface area contributed by atoms with Crippen LogP contribution in [0.5, 0.6) is 0 Å². The zero-order valence-electron chi connectivity index (χ0n) is 16.3. The average Bonchev–Trinajstić information content (AvgIpc) is 3.33. The Morgan fingerprint density at radius 2 is 2.07 bits per heavy atom. The molecule has 0 atom stereocenters. The number of nitrogens with one attached hydrogen (secondary N) is 2. The molecule has 29 heavy (non-hydrogen) atoms. The first-order valence-corrected chi connectivity index (χ1v) is 9.53. The van der Waals surface area contributed by atoms with Gasteiger partial charge in [-0.1, -0.05) is 0 Å². The summed E-state index contributed by atoms with van der Waals surface area (Å²) in [6.07, 6.45) is 3.78. The molecule has 8 nitrogen and oxygen atoms in total. The number of nitrogens with zero attached hydrogens (tertiary/aromatic N) is 5. The van der Waals surface area contributed by atoms with E-state index in [2.05, 4.69) is 51.5 Å². The van der Waals surface area contributed by atoms with Gasteiger partial charge in [0.25, 0.3) is 5.91 Å². The van der Waals surface area contributed by atoms with Crippen LogP contribution in [-0.4, -0.2) is 56.2 Å². The van der Waals surface area contributed by atoms with Crippen molar-refractivity contribution < 1.29 is 4.79 Å². The van der Waals surface area contributed by atoms with Crippen molar-refractivity contribution in [1.82, 2.24) is 34.9 Å². The van der Waals surface area contributed by atoms with Crippen LogP contribution >= 0.6 is 0 Å². The molecule has 3 aromatic heterocycles. The molecule has 1 aromatic carbocycles. The fraction of sp³-hybridized carbons (Fsp3) is 0.238. The maximum absolute atomic E-state index is 12.0. The zero-order chi connectivity index (χ0) is 20.0. The van der Waals surface area contributed by atoms with Crippen LogP contribution in [0.15, 0.2) is 42.7 Å². The molecule has 2 N–H and O–H groups in total. The Bertz CT molecular complexity index is 1220. The highest BCUT2D eigenvalue weighted by atomic mass is 16.2. The molecule has 4 heterocycles. The van der Waals surface area contributed by atoms with Gasteiger partial charge in [0, 0.05) is 41.9 Å². The summed E-state index contributed by atoms with van der Waals surface area (Å²) < 4.78 is 1.73. The Morgan fingerprint density at radius 1 is 1.17 bits per heavy atom. The van der Waals surface area contributed by atoms with Gasteiger partial charge in [-0.05, 0) is 50.0 Å². The number of aromatic nitrogens is 5. The van der Waals surface area contributed by atoms with E-state index in [9.17, 15) is 4.79 Å². The van der Waals surface area contributed by atoms with E-state index in [-0.39, 0.29) is 5.91 Å². The highest BCUT2D eigenvalue weighted by Gasteiger charge is 2.20. The largest absolute Gasteiger partial charge is 0.361 e. The summed E-state index contributed by atoms with van der Waals surface area (Å²) in [5.41, 5.74) is 5.21. The SMILES string of the molecule is CN(C)Cc1c[nH]c2ccc(-c3nccc(-c4cc5n(n4)CCNC5=O)n3)cc12. The second kappa shape index (κ2) is 6.82. The van der Waals surface area contributed by atoms with Gasteiger partial charge in [0.1, 0.15) is 11.4 Å². The van der Waals surface area contributed by atoms with Crippen LogP contribution in [0.4, 0.5) is 0 Å². The minimum absolute atomic E-state index is 0.101. The van der Waals surface area contributed by atoms with Crippen LogP contribution in [-0.2, 0) is 13.1 Å². The molecular weight excluding hydrogens is 366 g/mol. The van der Waals surface area contributed by atoms with Crippen molar-refractivity contribution in [3.63, 3.8) is 0 Å². The number of amides is 1. The van der Waals surface area contributed by atoms with E-state index in [1.807, 2.05) is 18.3 Å². The quantitative estimate of drug-likeness (QED) is 0.561. The summed E-state index contributed by atoms with van der Waals surface area (Å²) in [5.74, 6) is 0.535. The Morgan fingerprint density at radius 3 is 2.90 bits per heavy atom. The lowest BCUT2D eigenvalue weighted by molar-refractivity contribution is 0.0924. The lowest BCUT2D eigenvalue weighted by atomic mass is 10.1. The molecule has 0 bridgehead atoms. The number of H-pyrrole nitrogens is 1. The summed E-state index contributed by atoms with van der Waals surface area (Å²) in [4.78, 5) is 26.7. The maximum Gasteiger partial charge on any atom is 0.269 e. The van der Waals surface area contributed by atoms with E-state index >= 15 is 0 Å². The number of fused-ring (bicyclic) bond motifs is 2. The fourth-order valence-corrected chi connectivity index (χ4v) is 3.69. The summed E-state index contributed by atoms with van der Waals surface area (Å²) in [7, 11) is 4.11. The van der Waals surface area contributed by atoms with Gasteiger partial charge in [-0.3, -0.25) is 9.48 Å². The first kappa shape index (κ1) is 17.6. The minimum Gasteiger partial charge on any atom is -0.361 e. The number of rotatable bonds is 4. The van der Waals surface area contributed by atoms with E-state index in [1.54, 1.807) is 16.9 Å². The van der Waals surface area contributed by atoms with Gasteiger partial charge in [-0.2, -0.15) is 5.10 Å². The Labute approximate surface area is 167 Å². The maximum atomic E-state index is 12.0. The number of benzene rings is 1. The average molecular weight is 387 g/mol. The van der Waals surface area contributed by atoms with Crippen LogP contribution in [0.3, 0.4) is 0 Å². The third kappa shape index (κ3) is 3.17. The molecule has 0 saturated carbocycles. The molecule has 0 unspecified atom stereocenters. The van der Waals surface area contributed by atoms with Gasteiger partial charge in [-0.25, -0.2) is 9.97 Å². The van der Waals surface area contributed by atoms with Crippen molar-refractivity contribution in [2.75, 3.05) is 20.6 Å². The van der Waals surface area contributed by atoms with Gasteiger partial charge < -0.3 is 15.2 Å². The number of hydrogen-bond acceptors (Lipinski definition) is 5. The fourth-order valence-electron chi connectivity index (χ4n) is 3.69. The molecule has 4 aromatic rings. The van der Waals surface area contributed by atoms with Crippen molar-refractivity contribution in [2.45, 2.75) is 13.1 Å². The first-order valence-electron chi connectivity index (χ1n) is 9.53. The number of carbonyl (C=O) groups excluding carboxylic acids is 1. The Kier molecular flexibility index (Phi) is 4.13.